The Hall–Kier alpha value is -1.99. The van der Waals surface area contributed by atoms with Crippen LogP contribution in [0.3, 0.4) is 0 Å². The predicted molar refractivity (Wildman–Crippen MR) is 90.7 cm³/mol. The van der Waals surface area contributed by atoms with Gasteiger partial charge < -0.3 is 4.98 Å². The number of H-pyrrole nitrogens is 1. The van der Waals surface area contributed by atoms with Gasteiger partial charge in [0.2, 0.25) is 0 Å². The maximum Gasteiger partial charge on any atom is 0.305 e. The normalized spacial score (nSPS) is 18.9. The summed E-state index contributed by atoms with van der Waals surface area (Å²) in [6.07, 6.45) is 2.42. The Morgan fingerprint density at radius 1 is 1.48 bits per heavy atom. The number of non-ortho nitro benzene ring substituents is 1. The first-order chi connectivity index (χ1) is 11.0. The molecule has 23 heavy (non-hydrogen) atoms. The molecule has 1 aliphatic rings. The first-order valence-electron chi connectivity index (χ1n) is 7.72. The number of likely N-dealkylation sites (tertiary alicyclic amines) is 1. The van der Waals surface area contributed by atoms with Crippen molar-refractivity contribution in [2.75, 3.05) is 13.1 Å². The number of aromatic amines is 1. The van der Waals surface area contributed by atoms with Crippen LogP contribution in [0.15, 0.2) is 29.1 Å². The number of hydrogen-bond donors (Lipinski definition) is 1. The summed E-state index contributed by atoms with van der Waals surface area (Å²) < 4.78 is 0. The lowest BCUT2D eigenvalue weighted by Crippen LogP contribution is -2.33. The fraction of sp³-hybridized carbons (Fsp3) is 0.438. The molecule has 1 fully saturated rings. The Labute approximate surface area is 137 Å². The summed E-state index contributed by atoms with van der Waals surface area (Å²) in [6, 6.07) is 6.42. The molecule has 0 bridgehead atoms. The molecule has 122 valence electrons. The van der Waals surface area contributed by atoms with Crippen LogP contribution in [0.5, 0.6) is 0 Å². The molecule has 1 saturated heterocycles. The van der Waals surface area contributed by atoms with E-state index in [0.29, 0.717) is 23.7 Å². The summed E-state index contributed by atoms with van der Waals surface area (Å²) in [7, 11) is 0. The minimum Gasteiger partial charge on any atom is -0.312 e. The van der Waals surface area contributed by atoms with E-state index < -0.39 is 4.92 Å². The molecule has 0 amide bonds. The molecule has 1 N–H and O–H groups in total. The largest absolute Gasteiger partial charge is 0.312 e. The van der Waals surface area contributed by atoms with Crippen LogP contribution in [-0.2, 0) is 6.54 Å². The molecule has 2 heterocycles. The van der Waals surface area contributed by atoms with Gasteiger partial charge in [-0.1, -0.05) is 30.4 Å². The van der Waals surface area contributed by atoms with Gasteiger partial charge in [-0.2, -0.15) is 0 Å². The van der Waals surface area contributed by atoms with E-state index in [-0.39, 0.29) is 10.6 Å². The molecule has 0 saturated carbocycles. The number of piperidine rings is 1. The average molecular weight is 333 g/mol. The van der Waals surface area contributed by atoms with Gasteiger partial charge in [-0.3, -0.25) is 19.8 Å². The van der Waals surface area contributed by atoms with E-state index in [1.807, 2.05) is 0 Å². The number of rotatable bonds is 4. The number of thiazole rings is 1. The van der Waals surface area contributed by atoms with Crippen molar-refractivity contribution in [1.82, 2.24) is 9.88 Å². The number of nitro benzene ring substituents is 1. The number of aromatic nitrogens is 1. The summed E-state index contributed by atoms with van der Waals surface area (Å²) in [5.41, 5.74) is 1.44. The van der Waals surface area contributed by atoms with Gasteiger partial charge in [0.1, 0.15) is 0 Å². The van der Waals surface area contributed by atoms with Gasteiger partial charge in [-0.25, -0.2) is 0 Å². The van der Waals surface area contributed by atoms with Crippen molar-refractivity contribution in [3.8, 4) is 11.3 Å². The third-order valence-electron chi connectivity index (χ3n) is 4.18. The monoisotopic (exact) mass is 333 g/mol. The predicted octanol–water partition coefficient (Wildman–Crippen LogP) is 3.24. The number of benzene rings is 1. The second-order valence-corrected chi connectivity index (χ2v) is 7.17. The first-order valence-corrected chi connectivity index (χ1v) is 8.54. The summed E-state index contributed by atoms with van der Waals surface area (Å²) in [5, 5.41) is 11.0. The van der Waals surface area contributed by atoms with Crippen molar-refractivity contribution in [2.24, 2.45) is 5.92 Å². The molecule has 1 aromatic heterocycles. The molecule has 1 aliphatic heterocycles. The van der Waals surface area contributed by atoms with Crippen LogP contribution in [0.1, 0.15) is 24.6 Å². The lowest BCUT2D eigenvalue weighted by atomic mass is 10.00. The van der Waals surface area contributed by atoms with Crippen molar-refractivity contribution in [2.45, 2.75) is 26.3 Å². The van der Waals surface area contributed by atoms with Crippen molar-refractivity contribution in [3.63, 3.8) is 0 Å². The molecule has 1 unspecified atom stereocenters. The highest BCUT2D eigenvalue weighted by atomic mass is 32.1. The molecule has 3 rings (SSSR count). The van der Waals surface area contributed by atoms with Gasteiger partial charge in [-0.05, 0) is 25.3 Å². The molecule has 1 aromatic carbocycles. The molecule has 2 aromatic rings. The second kappa shape index (κ2) is 6.64. The molecule has 0 radical (unpaired) electrons. The zero-order valence-corrected chi connectivity index (χ0v) is 13.8. The highest BCUT2D eigenvalue weighted by Crippen LogP contribution is 2.28. The molecular formula is C16H19N3O3S. The molecule has 7 heteroatoms. The van der Waals surface area contributed by atoms with Crippen LogP contribution in [-0.4, -0.2) is 27.9 Å². The zero-order valence-electron chi connectivity index (χ0n) is 12.9. The molecular weight excluding hydrogens is 314 g/mol. The molecule has 6 nitrogen and oxygen atoms in total. The van der Waals surface area contributed by atoms with E-state index in [9.17, 15) is 14.9 Å². The fourth-order valence-corrected chi connectivity index (χ4v) is 4.01. The van der Waals surface area contributed by atoms with Gasteiger partial charge in [0.05, 0.1) is 10.6 Å². The van der Waals surface area contributed by atoms with Gasteiger partial charge in [-0.15, -0.1) is 0 Å². The Morgan fingerprint density at radius 2 is 2.30 bits per heavy atom. The van der Waals surface area contributed by atoms with Crippen molar-refractivity contribution < 1.29 is 4.92 Å². The van der Waals surface area contributed by atoms with Gasteiger partial charge in [0.25, 0.3) is 5.69 Å². The van der Waals surface area contributed by atoms with E-state index in [4.69, 9.17) is 0 Å². The standard InChI is InChI=1S/C16H19N3O3S/c1-11-4-3-7-18(9-11)10-14-15(17-16(20)23-14)12-5-2-6-13(8-12)19(21)22/h2,5-6,8,11H,3-4,7,9-10H2,1H3,(H,17,20). The zero-order chi connectivity index (χ0) is 16.4. The quantitative estimate of drug-likeness (QED) is 0.688. The number of hydrogen-bond acceptors (Lipinski definition) is 5. The highest BCUT2D eigenvalue weighted by molar-refractivity contribution is 7.09. The van der Waals surface area contributed by atoms with E-state index >= 15 is 0 Å². The summed E-state index contributed by atoms with van der Waals surface area (Å²) in [5.74, 6) is 0.667. The second-order valence-electron chi connectivity index (χ2n) is 6.10. The van der Waals surface area contributed by atoms with Crippen LogP contribution < -0.4 is 4.87 Å². The van der Waals surface area contributed by atoms with E-state index in [0.717, 1.165) is 18.0 Å². The maximum atomic E-state index is 11.8. The van der Waals surface area contributed by atoms with Crippen molar-refractivity contribution >= 4 is 17.0 Å². The number of nitro groups is 1. The highest BCUT2D eigenvalue weighted by Gasteiger charge is 2.20. The van der Waals surface area contributed by atoms with Gasteiger partial charge in [0.15, 0.2) is 0 Å². The van der Waals surface area contributed by atoms with Crippen LogP contribution in [0.4, 0.5) is 5.69 Å². The number of nitrogens with zero attached hydrogens (tertiary/aromatic N) is 2. The minimum absolute atomic E-state index is 0.0343. The lowest BCUT2D eigenvalue weighted by Gasteiger charge is -2.30. The van der Waals surface area contributed by atoms with E-state index in [2.05, 4.69) is 16.8 Å². The fourth-order valence-electron chi connectivity index (χ4n) is 3.11. The van der Waals surface area contributed by atoms with Crippen LogP contribution in [0.25, 0.3) is 11.3 Å². The molecule has 1 atom stereocenters. The SMILES string of the molecule is CC1CCCN(Cc2sc(=O)[nH]c2-c2cccc([N+](=O)[O-])c2)C1. The maximum absolute atomic E-state index is 11.8. The van der Waals surface area contributed by atoms with Crippen LogP contribution >= 0.6 is 11.3 Å². The van der Waals surface area contributed by atoms with E-state index in [1.165, 1.54) is 36.3 Å². The van der Waals surface area contributed by atoms with Crippen LogP contribution in [0.2, 0.25) is 0 Å². The third kappa shape index (κ3) is 3.68. The summed E-state index contributed by atoms with van der Waals surface area (Å²) >= 11 is 1.20. The van der Waals surface area contributed by atoms with Gasteiger partial charge in [0, 0.05) is 35.7 Å². The lowest BCUT2D eigenvalue weighted by molar-refractivity contribution is -0.384. The smallest absolute Gasteiger partial charge is 0.305 e. The average Bonchev–Trinajstić information content (AvgIpc) is 2.88. The van der Waals surface area contributed by atoms with Crippen molar-refractivity contribution in [1.29, 1.82) is 0 Å². The Morgan fingerprint density at radius 3 is 3.04 bits per heavy atom. The Bertz CT molecular complexity index is 768. The van der Waals surface area contributed by atoms with Crippen LogP contribution in [0, 0.1) is 16.0 Å². The first kappa shape index (κ1) is 15.9. The molecule has 0 spiro atoms. The summed E-state index contributed by atoms with van der Waals surface area (Å²) in [6.45, 7) is 5.02. The van der Waals surface area contributed by atoms with Crippen molar-refractivity contribution in [3.05, 3.63) is 48.9 Å². The minimum atomic E-state index is -0.417. The summed E-state index contributed by atoms with van der Waals surface area (Å²) in [4.78, 5) is 28.4. The van der Waals surface area contributed by atoms with Gasteiger partial charge >= 0.3 is 4.87 Å². The Kier molecular flexibility index (Phi) is 4.58. The topological polar surface area (TPSA) is 79.2 Å². The molecule has 0 aliphatic carbocycles. The van der Waals surface area contributed by atoms with E-state index in [1.54, 1.807) is 12.1 Å². The number of nitrogens with one attached hydrogen (secondary N) is 1. The third-order valence-corrected chi connectivity index (χ3v) is 5.04. The Balaban J connectivity index is 1.90.